The van der Waals surface area contributed by atoms with Crippen LogP contribution in [0.4, 0.5) is 0 Å². The van der Waals surface area contributed by atoms with Gasteiger partial charge < -0.3 is 8.97 Å². The molecule has 0 N–H and O–H groups in total. The average molecular weight is 131 g/mol. The van der Waals surface area contributed by atoms with Crippen LogP contribution < -0.4 is 0 Å². The van der Waals surface area contributed by atoms with Crippen molar-refractivity contribution in [2.24, 2.45) is 0 Å². The highest BCUT2D eigenvalue weighted by molar-refractivity contribution is 7.79. The van der Waals surface area contributed by atoms with Gasteiger partial charge in [0.15, 0.2) is 5.09 Å². The molecule has 1 rings (SSSR count). The highest BCUT2D eigenvalue weighted by atomic mass is 32.2. The lowest BCUT2D eigenvalue weighted by Gasteiger charge is -1.95. The third kappa shape index (κ3) is 0.962. The maximum atomic E-state index is 9.97. The second kappa shape index (κ2) is 2.11. The predicted molar refractivity (Wildman–Crippen MR) is 25.9 cm³/mol. The summed E-state index contributed by atoms with van der Waals surface area (Å²) in [6.45, 7) is 0. The molecule has 0 radical (unpaired) electrons. The Hall–Kier alpha value is -0.610. The minimum absolute atomic E-state index is 0.0231. The van der Waals surface area contributed by atoms with Crippen LogP contribution in [0.5, 0.6) is 0 Å². The first-order valence-corrected chi connectivity index (χ1v) is 3.01. The standard InChI is InChI=1S/C4H4O3S/c5-8(6)4-2-1-3-7-4/h1-3H,(H,5,6)/p-1. The van der Waals surface area contributed by atoms with Gasteiger partial charge in [0.2, 0.25) is 0 Å². The summed E-state index contributed by atoms with van der Waals surface area (Å²) in [6.07, 6.45) is 1.31. The van der Waals surface area contributed by atoms with E-state index in [4.69, 9.17) is 0 Å². The van der Waals surface area contributed by atoms with Crippen molar-refractivity contribution < 1.29 is 13.2 Å². The fourth-order valence-electron chi connectivity index (χ4n) is 0.358. The molecule has 4 heteroatoms. The average Bonchev–Trinajstić information content (AvgIpc) is 2.12. The lowest BCUT2D eigenvalue weighted by atomic mass is 10.7. The Labute approximate surface area is 48.6 Å². The molecule has 1 aromatic heterocycles. The Morgan fingerprint density at radius 3 is 2.75 bits per heavy atom. The maximum Gasteiger partial charge on any atom is 0.176 e. The molecule has 8 heavy (non-hydrogen) atoms. The summed E-state index contributed by atoms with van der Waals surface area (Å²) in [5.74, 6) is 0. The molecule has 1 heterocycles. The van der Waals surface area contributed by atoms with Crippen molar-refractivity contribution in [2.45, 2.75) is 5.09 Å². The minimum atomic E-state index is -2.21. The molecule has 0 bridgehead atoms. The molecule has 0 saturated heterocycles. The summed E-state index contributed by atoms with van der Waals surface area (Å²) < 4.78 is 24.4. The van der Waals surface area contributed by atoms with Crippen LogP contribution in [0, 0.1) is 0 Å². The first-order valence-electron chi connectivity index (χ1n) is 1.93. The zero-order valence-corrected chi connectivity index (χ0v) is 4.68. The highest BCUT2D eigenvalue weighted by Gasteiger charge is 1.89. The highest BCUT2D eigenvalue weighted by Crippen LogP contribution is 2.02. The Morgan fingerprint density at radius 1 is 1.75 bits per heavy atom. The molecule has 0 saturated carbocycles. The van der Waals surface area contributed by atoms with Crippen LogP contribution in [0.15, 0.2) is 27.9 Å². The molecule has 0 aromatic carbocycles. The third-order valence-corrected chi connectivity index (χ3v) is 1.22. The second-order valence-corrected chi connectivity index (χ2v) is 2.04. The largest absolute Gasteiger partial charge is 0.766 e. The van der Waals surface area contributed by atoms with Gasteiger partial charge in [-0.1, -0.05) is 0 Å². The number of hydrogen-bond donors (Lipinski definition) is 0. The van der Waals surface area contributed by atoms with Crippen molar-refractivity contribution in [2.75, 3.05) is 0 Å². The van der Waals surface area contributed by atoms with E-state index in [9.17, 15) is 8.76 Å². The molecule has 0 spiro atoms. The van der Waals surface area contributed by atoms with E-state index in [2.05, 4.69) is 4.42 Å². The van der Waals surface area contributed by atoms with Crippen LogP contribution >= 0.6 is 0 Å². The van der Waals surface area contributed by atoms with Gasteiger partial charge in [0.25, 0.3) is 0 Å². The van der Waals surface area contributed by atoms with Gasteiger partial charge in [-0.25, -0.2) is 0 Å². The van der Waals surface area contributed by atoms with E-state index in [1.54, 1.807) is 0 Å². The van der Waals surface area contributed by atoms with Crippen LogP contribution in [-0.4, -0.2) is 8.76 Å². The maximum absolute atomic E-state index is 9.97. The van der Waals surface area contributed by atoms with Crippen LogP contribution in [0.25, 0.3) is 0 Å². The van der Waals surface area contributed by atoms with Gasteiger partial charge in [-0.3, -0.25) is 4.21 Å². The van der Waals surface area contributed by atoms with E-state index < -0.39 is 11.1 Å². The van der Waals surface area contributed by atoms with E-state index in [1.807, 2.05) is 0 Å². The summed E-state index contributed by atoms with van der Waals surface area (Å²) in [7, 11) is 0. The molecule has 0 aliphatic heterocycles. The van der Waals surface area contributed by atoms with Crippen molar-refractivity contribution in [3.05, 3.63) is 18.4 Å². The summed E-state index contributed by atoms with van der Waals surface area (Å²) in [5.41, 5.74) is 0. The lowest BCUT2D eigenvalue weighted by Crippen LogP contribution is -1.82. The van der Waals surface area contributed by atoms with E-state index >= 15 is 0 Å². The van der Waals surface area contributed by atoms with Crippen molar-refractivity contribution in [3.63, 3.8) is 0 Å². The molecule has 1 unspecified atom stereocenters. The van der Waals surface area contributed by atoms with Gasteiger partial charge in [0.05, 0.1) is 6.26 Å². The fraction of sp³-hybridized carbons (Fsp3) is 0. The van der Waals surface area contributed by atoms with Crippen LogP contribution in [0.2, 0.25) is 0 Å². The molecule has 0 aliphatic carbocycles. The van der Waals surface area contributed by atoms with Gasteiger partial charge in [-0.15, -0.1) is 0 Å². The molecule has 1 aromatic rings. The van der Waals surface area contributed by atoms with Crippen molar-refractivity contribution in [3.8, 4) is 0 Å². The fourth-order valence-corrected chi connectivity index (χ4v) is 0.682. The predicted octanol–water partition coefficient (Wildman–Crippen LogP) is 0.518. The Morgan fingerprint density at radius 2 is 2.50 bits per heavy atom. The summed E-state index contributed by atoms with van der Waals surface area (Å²) in [6, 6.07) is 2.90. The Bertz CT molecular complexity index is 179. The molecule has 0 amide bonds. The van der Waals surface area contributed by atoms with Crippen molar-refractivity contribution >= 4 is 11.1 Å². The van der Waals surface area contributed by atoms with Crippen LogP contribution in [0.1, 0.15) is 0 Å². The van der Waals surface area contributed by atoms with E-state index in [-0.39, 0.29) is 5.09 Å². The molecule has 0 fully saturated rings. The Kier molecular flexibility index (Phi) is 1.45. The van der Waals surface area contributed by atoms with Gasteiger partial charge in [-0.05, 0) is 12.1 Å². The minimum Gasteiger partial charge on any atom is -0.766 e. The zero-order valence-electron chi connectivity index (χ0n) is 3.87. The SMILES string of the molecule is O=S([O-])c1ccco1. The van der Waals surface area contributed by atoms with Crippen LogP contribution in [0.3, 0.4) is 0 Å². The number of furan rings is 1. The van der Waals surface area contributed by atoms with E-state index in [1.165, 1.54) is 18.4 Å². The topological polar surface area (TPSA) is 53.3 Å². The quantitative estimate of drug-likeness (QED) is 0.522. The van der Waals surface area contributed by atoms with Crippen LogP contribution in [-0.2, 0) is 11.1 Å². The molecular formula is C4H3O3S-. The first kappa shape index (κ1) is 5.53. The third-order valence-electron chi connectivity index (χ3n) is 0.659. The van der Waals surface area contributed by atoms with Gasteiger partial charge >= 0.3 is 0 Å². The molecule has 3 nitrogen and oxygen atoms in total. The van der Waals surface area contributed by atoms with Crippen molar-refractivity contribution in [1.82, 2.24) is 0 Å². The first-order chi connectivity index (χ1) is 3.80. The van der Waals surface area contributed by atoms with Crippen molar-refractivity contribution in [1.29, 1.82) is 0 Å². The summed E-state index contributed by atoms with van der Waals surface area (Å²) >= 11 is -2.21. The van der Waals surface area contributed by atoms with Gasteiger partial charge in [0.1, 0.15) is 0 Å². The lowest BCUT2D eigenvalue weighted by molar-refractivity contribution is 0.435. The number of rotatable bonds is 1. The molecule has 1 atom stereocenters. The smallest absolute Gasteiger partial charge is 0.176 e. The zero-order chi connectivity index (χ0) is 5.98. The van der Waals surface area contributed by atoms with E-state index in [0.29, 0.717) is 0 Å². The molecule has 0 aliphatic rings. The Balaban J connectivity index is 2.93. The van der Waals surface area contributed by atoms with E-state index in [0.717, 1.165) is 0 Å². The summed E-state index contributed by atoms with van der Waals surface area (Å²) in [4.78, 5) is 0. The monoisotopic (exact) mass is 131 g/mol. The number of hydrogen-bond acceptors (Lipinski definition) is 3. The second-order valence-electron chi connectivity index (χ2n) is 1.17. The molecule has 44 valence electrons. The normalized spacial score (nSPS) is 13.6. The van der Waals surface area contributed by atoms with Gasteiger partial charge in [-0.2, -0.15) is 0 Å². The van der Waals surface area contributed by atoms with Gasteiger partial charge in [0, 0.05) is 11.1 Å². The summed E-state index contributed by atoms with van der Waals surface area (Å²) in [5, 5.41) is -0.0231. The molecular weight excluding hydrogens is 128 g/mol.